The maximum atomic E-state index is 5.09. The van der Waals surface area contributed by atoms with Gasteiger partial charge in [0.1, 0.15) is 12.4 Å². The molecule has 2 rings (SSSR count). The standard InChI is InChI=1S/C16H26N6OS/c1-12(14-7-5-10-24-14)19-16(17-8-6-9-23-4)18-11-15-21-20-13(2)22(15)3/h5,7,10,12H,6,8-9,11H2,1-4H3,(H2,17,18,19). The smallest absolute Gasteiger partial charge is 0.192 e. The molecule has 0 radical (unpaired) electrons. The molecule has 7 nitrogen and oxygen atoms in total. The molecule has 0 amide bonds. The molecule has 0 aliphatic rings. The Morgan fingerprint density at radius 2 is 2.29 bits per heavy atom. The van der Waals surface area contributed by atoms with E-state index in [9.17, 15) is 0 Å². The maximum Gasteiger partial charge on any atom is 0.192 e. The summed E-state index contributed by atoms with van der Waals surface area (Å²) < 4.78 is 7.04. The van der Waals surface area contributed by atoms with Crippen LogP contribution in [0.5, 0.6) is 0 Å². The fourth-order valence-electron chi connectivity index (χ4n) is 2.13. The fourth-order valence-corrected chi connectivity index (χ4v) is 2.86. The Morgan fingerprint density at radius 3 is 2.92 bits per heavy atom. The molecule has 0 aromatic carbocycles. The van der Waals surface area contributed by atoms with Crippen LogP contribution >= 0.6 is 11.3 Å². The minimum Gasteiger partial charge on any atom is -0.385 e. The summed E-state index contributed by atoms with van der Waals surface area (Å²) >= 11 is 1.73. The average Bonchev–Trinajstić information content (AvgIpc) is 3.21. The number of hydrogen-bond acceptors (Lipinski definition) is 5. The van der Waals surface area contributed by atoms with Gasteiger partial charge in [-0.2, -0.15) is 0 Å². The van der Waals surface area contributed by atoms with E-state index in [0.717, 1.165) is 37.2 Å². The minimum atomic E-state index is 0.194. The Morgan fingerprint density at radius 1 is 1.46 bits per heavy atom. The van der Waals surface area contributed by atoms with E-state index in [-0.39, 0.29) is 6.04 Å². The van der Waals surface area contributed by atoms with Crippen molar-refractivity contribution in [3.05, 3.63) is 34.0 Å². The lowest BCUT2D eigenvalue weighted by atomic mass is 10.3. The van der Waals surface area contributed by atoms with Crippen molar-refractivity contribution in [1.29, 1.82) is 0 Å². The van der Waals surface area contributed by atoms with Crippen molar-refractivity contribution in [2.24, 2.45) is 12.0 Å². The van der Waals surface area contributed by atoms with Crippen LogP contribution in [0.2, 0.25) is 0 Å². The number of nitrogens with zero attached hydrogens (tertiary/aromatic N) is 4. The number of rotatable bonds is 8. The number of nitrogens with one attached hydrogen (secondary N) is 2. The zero-order chi connectivity index (χ0) is 17.4. The number of aromatic nitrogens is 3. The molecule has 132 valence electrons. The van der Waals surface area contributed by atoms with Crippen LogP contribution in [0.4, 0.5) is 0 Å². The lowest BCUT2D eigenvalue weighted by Crippen LogP contribution is -2.39. The number of methoxy groups -OCH3 is 1. The summed E-state index contributed by atoms with van der Waals surface area (Å²) in [4.78, 5) is 5.92. The monoisotopic (exact) mass is 350 g/mol. The van der Waals surface area contributed by atoms with Crippen molar-refractivity contribution in [1.82, 2.24) is 25.4 Å². The molecule has 0 bridgehead atoms. The van der Waals surface area contributed by atoms with E-state index in [4.69, 9.17) is 4.74 Å². The molecule has 2 aromatic heterocycles. The van der Waals surface area contributed by atoms with Crippen LogP contribution in [0, 0.1) is 6.92 Å². The highest BCUT2D eigenvalue weighted by atomic mass is 32.1. The highest BCUT2D eigenvalue weighted by Gasteiger charge is 2.10. The molecule has 1 unspecified atom stereocenters. The first-order chi connectivity index (χ1) is 11.6. The fraction of sp³-hybridized carbons (Fsp3) is 0.562. The molecular formula is C16H26N6OS. The highest BCUT2D eigenvalue weighted by Crippen LogP contribution is 2.17. The van der Waals surface area contributed by atoms with Gasteiger partial charge in [0, 0.05) is 32.2 Å². The first-order valence-corrected chi connectivity index (χ1v) is 8.92. The third-order valence-corrected chi connectivity index (χ3v) is 4.76. The molecule has 0 aliphatic heterocycles. The summed E-state index contributed by atoms with van der Waals surface area (Å²) in [6, 6.07) is 4.38. The molecule has 0 aliphatic carbocycles. The topological polar surface area (TPSA) is 76.4 Å². The molecule has 2 N–H and O–H groups in total. The maximum absolute atomic E-state index is 5.09. The summed E-state index contributed by atoms with van der Waals surface area (Å²) in [6.45, 7) is 6.07. The second-order valence-electron chi connectivity index (χ2n) is 5.54. The normalized spacial score (nSPS) is 13.1. The largest absolute Gasteiger partial charge is 0.385 e. The van der Waals surface area contributed by atoms with E-state index in [0.29, 0.717) is 6.54 Å². The van der Waals surface area contributed by atoms with Gasteiger partial charge in [-0.3, -0.25) is 0 Å². The van der Waals surface area contributed by atoms with Gasteiger partial charge in [-0.15, -0.1) is 21.5 Å². The molecule has 0 saturated carbocycles. The molecule has 0 saturated heterocycles. The summed E-state index contributed by atoms with van der Waals surface area (Å²) in [5.41, 5.74) is 0. The van der Waals surface area contributed by atoms with E-state index >= 15 is 0 Å². The van der Waals surface area contributed by atoms with Gasteiger partial charge in [-0.25, -0.2) is 4.99 Å². The van der Waals surface area contributed by atoms with Gasteiger partial charge >= 0.3 is 0 Å². The predicted octanol–water partition coefficient (Wildman–Crippen LogP) is 2.02. The Hall–Kier alpha value is -1.93. The van der Waals surface area contributed by atoms with Gasteiger partial charge in [0.05, 0.1) is 6.04 Å². The van der Waals surface area contributed by atoms with Gasteiger partial charge in [0.15, 0.2) is 11.8 Å². The van der Waals surface area contributed by atoms with Crippen molar-refractivity contribution in [2.45, 2.75) is 32.9 Å². The Balaban J connectivity index is 2.00. The van der Waals surface area contributed by atoms with Crippen molar-refractivity contribution in [3.8, 4) is 0 Å². The quantitative estimate of drug-likeness (QED) is 0.433. The lowest BCUT2D eigenvalue weighted by molar-refractivity contribution is 0.195. The van der Waals surface area contributed by atoms with E-state index in [2.05, 4.69) is 50.3 Å². The SMILES string of the molecule is COCCCNC(=NCc1nnc(C)n1C)NC(C)c1cccs1. The first kappa shape index (κ1) is 18.4. The predicted molar refractivity (Wildman–Crippen MR) is 97.2 cm³/mol. The molecule has 2 heterocycles. The van der Waals surface area contributed by atoms with Crippen LogP contribution in [0.25, 0.3) is 0 Å². The van der Waals surface area contributed by atoms with Crippen molar-refractivity contribution in [3.63, 3.8) is 0 Å². The Bertz CT molecular complexity index is 637. The van der Waals surface area contributed by atoms with Gasteiger partial charge in [-0.1, -0.05) is 6.07 Å². The molecule has 24 heavy (non-hydrogen) atoms. The van der Waals surface area contributed by atoms with Crippen LogP contribution in [0.3, 0.4) is 0 Å². The van der Waals surface area contributed by atoms with Gasteiger partial charge in [0.2, 0.25) is 0 Å². The molecule has 1 atom stereocenters. The van der Waals surface area contributed by atoms with Crippen LogP contribution in [0.15, 0.2) is 22.5 Å². The average molecular weight is 350 g/mol. The van der Waals surface area contributed by atoms with E-state index in [1.165, 1.54) is 4.88 Å². The minimum absolute atomic E-state index is 0.194. The number of thiophene rings is 1. The zero-order valence-electron chi connectivity index (χ0n) is 14.7. The summed E-state index contributed by atoms with van der Waals surface area (Å²) in [5.74, 6) is 2.50. The summed E-state index contributed by atoms with van der Waals surface area (Å²) in [5, 5.41) is 17.1. The van der Waals surface area contributed by atoms with Gasteiger partial charge in [-0.05, 0) is 31.7 Å². The van der Waals surface area contributed by atoms with E-state index in [1.54, 1.807) is 18.4 Å². The highest BCUT2D eigenvalue weighted by molar-refractivity contribution is 7.10. The van der Waals surface area contributed by atoms with Gasteiger partial charge < -0.3 is 19.9 Å². The van der Waals surface area contributed by atoms with Gasteiger partial charge in [0.25, 0.3) is 0 Å². The van der Waals surface area contributed by atoms with Crippen molar-refractivity contribution >= 4 is 17.3 Å². The van der Waals surface area contributed by atoms with Crippen molar-refractivity contribution in [2.75, 3.05) is 20.3 Å². The molecule has 2 aromatic rings. The van der Waals surface area contributed by atoms with Crippen LogP contribution < -0.4 is 10.6 Å². The number of aryl methyl sites for hydroxylation is 1. The van der Waals surface area contributed by atoms with E-state index in [1.807, 2.05) is 18.5 Å². The lowest BCUT2D eigenvalue weighted by Gasteiger charge is -2.17. The van der Waals surface area contributed by atoms with Crippen molar-refractivity contribution < 1.29 is 4.74 Å². The first-order valence-electron chi connectivity index (χ1n) is 8.04. The van der Waals surface area contributed by atoms with Crippen LogP contribution in [0.1, 0.15) is 35.9 Å². The molecular weight excluding hydrogens is 324 g/mol. The number of hydrogen-bond donors (Lipinski definition) is 2. The molecule has 8 heteroatoms. The number of guanidine groups is 1. The second-order valence-corrected chi connectivity index (χ2v) is 6.52. The van der Waals surface area contributed by atoms with E-state index < -0.39 is 0 Å². The van der Waals surface area contributed by atoms with Crippen LogP contribution in [-0.4, -0.2) is 41.0 Å². The Kier molecular flexibility index (Phi) is 7.20. The zero-order valence-corrected chi connectivity index (χ0v) is 15.6. The summed E-state index contributed by atoms with van der Waals surface area (Å²) in [6.07, 6.45) is 0.924. The molecule has 0 spiro atoms. The second kappa shape index (κ2) is 9.39. The summed E-state index contributed by atoms with van der Waals surface area (Å²) in [7, 11) is 3.66. The third-order valence-electron chi connectivity index (χ3n) is 3.70. The molecule has 0 fully saturated rings. The number of ether oxygens (including phenoxy) is 1. The van der Waals surface area contributed by atoms with Crippen LogP contribution in [-0.2, 0) is 18.3 Å². The Labute approximate surface area is 147 Å². The third kappa shape index (κ3) is 5.31. The number of aliphatic imine (C=N–C) groups is 1.